The number of hydrogen-bond acceptors (Lipinski definition) is 5. The first kappa shape index (κ1) is 25.1. The molecule has 1 aliphatic carbocycles. The number of aromatic nitrogens is 1. The van der Waals surface area contributed by atoms with Crippen LogP contribution in [0.25, 0.3) is 10.9 Å². The molecule has 0 radical (unpaired) electrons. The molecule has 5 rings (SSSR count). The van der Waals surface area contributed by atoms with Gasteiger partial charge in [-0.05, 0) is 64.0 Å². The Morgan fingerprint density at radius 3 is 2.56 bits per heavy atom. The van der Waals surface area contributed by atoms with Gasteiger partial charge in [0.1, 0.15) is 5.60 Å². The van der Waals surface area contributed by atoms with E-state index in [0.717, 1.165) is 51.0 Å². The largest absolute Gasteiger partial charge is 0.444 e. The zero-order valence-corrected chi connectivity index (χ0v) is 21.8. The predicted octanol–water partition coefficient (Wildman–Crippen LogP) is 4.19. The highest BCUT2D eigenvalue weighted by Gasteiger charge is 2.39. The van der Waals surface area contributed by atoms with Crippen molar-refractivity contribution < 1.29 is 23.8 Å². The minimum Gasteiger partial charge on any atom is -0.444 e. The molecule has 3 aliphatic rings. The molecule has 1 atom stereocenters. The van der Waals surface area contributed by atoms with Gasteiger partial charge in [0.15, 0.2) is 6.10 Å². The minimum absolute atomic E-state index is 0.0352. The van der Waals surface area contributed by atoms with Gasteiger partial charge >= 0.3 is 6.09 Å². The van der Waals surface area contributed by atoms with Crippen molar-refractivity contribution in [3.05, 3.63) is 36.0 Å². The highest BCUT2D eigenvalue weighted by atomic mass is 16.6. The van der Waals surface area contributed by atoms with Crippen LogP contribution in [0.3, 0.4) is 0 Å². The summed E-state index contributed by atoms with van der Waals surface area (Å²) in [5, 5.41) is 1.20. The van der Waals surface area contributed by atoms with Gasteiger partial charge in [0, 0.05) is 56.0 Å². The maximum Gasteiger partial charge on any atom is 0.410 e. The average Bonchev–Trinajstić information content (AvgIpc) is 3.65. The molecule has 3 heterocycles. The summed E-state index contributed by atoms with van der Waals surface area (Å²) in [6.07, 6.45) is 5.37. The Morgan fingerprint density at radius 1 is 1.08 bits per heavy atom. The van der Waals surface area contributed by atoms with Crippen LogP contribution in [0.4, 0.5) is 4.79 Å². The van der Waals surface area contributed by atoms with Crippen LogP contribution in [-0.4, -0.2) is 77.0 Å². The topological polar surface area (TPSA) is 73.2 Å². The lowest BCUT2D eigenvalue weighted by Gasteiger charge is -2.35. The zero-order valence-electron chi connectivity index (χ0n) is 21.8. The summed E-state index contributed by atoms with van der Waals surface area (Å²) >= 11 is 0. The Kier molecular flexibility index (Phi) is 7.26. The van der Waals surface area contributed by atoms with Crippen molar-refractivity contribution in [1.29, 1.82) is 0 Å². The van der Waals surface area contributed by atoms with Crippen LogP contribution in [0.5, 0.6) is 0 Å². The molecule has 8 heteroatoms. The fraction of sp³-hybridized carbons (Fsp3) is 0.643. The fourth-order valence-electron chi connectivity index (χ4n) is 5.24. The third-order valence-electron chi connectivity index (χ3n) is 7.27. The van der Waals surface area contributed by atoms with Crippen molar-refractivity contribution in [1.82, 2.24) is 14.4 Å². The summed E-state index contributed by atoms with van der Waals surface area (Å²) in [5.74, 6) is 0.574. The van der Waals surface area contributed by atoms with Crippen LogP contribution in [0, 0.1) is 5.92 Å². The lowest BCUT2D eigenvalue weighted by Crippen LogP contribution is -2.53. The monoisotopic (exact) mass is 497 g/mol. The Hall–Kier alpha value is -2.58. The second-order valence-corrected chi connectivity index (χ2v) is 11.4. The van der Waals surface area contributed by atoms with Gasteiger partial charge < -0.3 is 28.6 Å². The van der Waals surface area contributed by atoms with E-state index < -0.39 is 17.8 Å². The molecule has 1 unspecified atom stereocenters. The van der Waals surface area contributed by atoms with Crippen molar-refractivity contribution in [3.8, 4) is 0 Å². The number of carbonyl (C=O) groups excluding carboxylic acids is 2. The number of benzene rings is 1. The summed E-state index contributed by atoms with van der Waals surface area (Å²) in [4.78, 5) is 29.9. The predicted molar refractivity (Wildman–Crippen MR) is 137 cm³/mol. The van der Waals surface area contributed by atoms with Gasteiger partial charge in [-0.2, -0.15) is 0 Å². The quantitative estimate of drug-likeness (QED) is 0.598. The van der Waals surface area contributed by atoms with Crippen LogP contribution in [0.2, 0.25) is 0 Å². The number of ether oxygens (including phenoxy) is 3. The second kappa shape index (κ2) is 10.4. The van der Waals surface area contributed by atoms with Crippen molar-refractivity contribution in [2.24, 2.45) is 5.92 Å². The van der Waals surface area contributed by atoms with Gasteiger partial charge in [0.2, 0.25) is 0 Å². The second-order valence-electron chi connectivity index (χ2n) is 11.4. The molecule has 3 fully saturated rings. The summed E-state index contributed by atoms with van der Waals surface area (Å²) in [7, 11) is 0. The maximum absolute atomic E-state index is 13.7. The van der Waals surface area contributed by atoms with Gasteiger partial charge in [-0.3, -0.25) is 4.79 Å². The first-order chi connectivity index (χ1) is 17.3. The molecule has 36 heavy (non-hydrogen) atoms. The van der Waals surface area contributed by atoms with E-state index in [1.165, 1.54) is 10.9 Å². The molecule has 2 amide bonds. The molecule has 0 spiro atoms. The Morgan fingerprint density at radius 2 is 1.83 bits per heavy atom. The molecule has 2 saturated heterocycles. The van der Waals surface area contributed by atoms with Crippen LogP contribution < -0.4 is 0 Å². The molecular weight excluding hydrogens is 458 g/mol. The van der Waals surface area contributed by atoms with E-state index in [-0.39, 0.29) is 18.5 Å². The molecule has 1 saturated carbocycles. The lowest BCUT2D eigenvalue weighted by atomic mass is 10.0. The molecule has 8 nitrogen and oxygen atoms in total. The summed E-state index contributed by atoms with van der Waals surface area (Å²) in [5.41, 5.74) is 1.80. The normalized spacial score (nSPS) is 21.5. The highest BCUT2D eigenvalue weighted by molar-refractivity contribution is 5.86. The van der Waals surface area contributed by atoms with Crippen molar-refractivity contribution in [2.75, 3.05) is 32.9 Å². The number of amides is 2. The van der Waals surface area contributed by atoms with Crippen LogP contribution in [0.1, 0.15) is 52.0 Å². The lowest BCUT2D eigenvalue weighted by molar-refractivity contribution is -0.150. The first-order valence-corrected chi connectivity index (χ1v) is 13.3. The summed E-state index contributed by atoms with van der Waals surface area (Å²) in [6, 6.07) is 8.71. The Bertz CT molecular complexity index is 1080. The Balaban J connectivity index is 1.32. The van der Waals surface area contributed by atoms with E-state index in [0.29, 0.717) is 25.6 Å². The number of morpholine rings is 1. The minimum atomic E-state index is -0.664. The molecule has 196 valence electrons. The van der Waals surface area contributed by atoms with Gasteiger partial charge in [-0.25, -0.2) is 4.79 Å². The standard InChI is InChI=1S/C28H39N3O5/c1-28(2,3)36-27(33)29-12-15-35-25(19-29)26(32)31(22-8-9-22)18-21-17-30(16-20-10-13-34-14-11-20)24-7-5-4-6-23(21)24/h4-7,17,20,22,25H,8-16,18-19H2,1-3H3. The van der Waals surface area contributed by atoms with E-state index in [1.807, 2.05) is 25.7 Å². The van der Waals surface area contributed by atoms with E-state index >= 15 is 0 Å². The molecular formula is C28H39N3O5. The maximum atomic E-state index is 13.7. The Labute approximate surface area is 213 Å². The van der Waals surface area contributed by atoms with Crippen molar-refractivity contribution >= 4 is 22.9 Å². The fourth-order valence-corrected chi connectivity index (χ4v) is 5.24. The molecule has 0 N–H and O–H groups in total. The third kappa shape index (κ3) is 5.86. The van der Waals surface area contributed by atoms with Crippen molar-refractivity contribution in [3.63, 3.8) is 0 Å². The number of nitrogens with zero attached hydrogens (tertiary/aromatic N) is 3. The first-order valence-electron chi connectivity index (χ1n) is 13.3. The number of fused-ring (bicyclic) bond motifs is 1. The van der Waals surface area contributed by atoms with E-state index in [4.69, 9.17) is 14.2 Å². The number of hydrogen-bond donors (Lipinski definition) is 0. The van der Waals surface area contributed by atoms with Crippen LogP contribution in [0.15, 0.2) is 30.5 Å². The molecule has 0 bridgehead atoms. The van der Waals surface area contributed by atoms with Gasteiger partial charge in [0.05, 0.1) is 13.2 Å². The van der Waals surface area contributed by atoms with Gasteiger partial charge in [-0.15, -0.1) is 0 Å². The summed E-state index contributed by atoms with van der Waals surface area (Å²) < 4.78 is 19.3. The number of rotatable bonds is 6. The van der Waals surface area contributed by atoms with E-state index in [1.54, 1.807) is 4.90 Å². The zero-order chi connectivity index (χ0) is 25.3. The highest BCUT2D eigenvalue weighted by Crippen LogP contribution is 2.32. The van der Waals surface area contributed by atoms with Crippen molar-refractivity contribution in [2.45, 2.75) is 77.3 Å². The smallest absolute Gasteiger partial charge is 0.410 e. The number of para-hydroxylation sites is 1. The number of carbonyl (C=O) groups is 2. The van der Waals surface area contributed by atoms with Gasteiger partial charge in [-0.1, -0.05) is 18.2 Å². The average molecular weight is 498 g/mol. The molecule has 1 aromatic heterocycles. The van der Waals surface area contributed by atoms with E-state index in [2.05, 4.69) is 35.0 Å². The van der Waals surface area contributed by atoms with Crippen LogP contribution in [-0.2, 0) is 32.1 Å². The third-order valence-corrected chi connectivity index (χ3v) is 7.27. The summed E-state index contributed by atoms with van der Waals surface area (Å²) in [6.45, 7) is 9.73. The van der Waals surface area contributed by atoms with Crippen LogP contribution >= 0.6 is 0 Å². The van der Waals surface area contributed by atoms with Gasteiger partial charge in [0.25, 0.3) is 5.91 Å². The molecule has 2 aliphatic heterocycles. The molecule has 2 aromatic rings. The molecule has 1 aromatic carbocycles. The SMILES string of the molecule is CC(C)(C)OC(=O)N1CCOC(C(=O)N(Cc2cn(CC3CCOCC3)c3ccccc23)C2CC2)C1. The van der Waals surface area contributed by atoms with E-state index in [9.17, 15) is 9.59 Å².